The van der Waals surface area contributed by atoms with Gasteiger partial charge in [0, 0.05) is 18.7 Å². The molecule has 1 aliphatic rings. The zero-order valence-corrected chi connectivity index (χ0v) is 11.0. The summed E-state index contributed by atoms with van der Waals surface area (Å²) in [6, 6.07) is 5.92. The Morgan fingerprint density at radius 2 is 2.40 bits per heavy atom. The van der Waals surface area contributed by atoms with E-state index in [9.17, 15) is 14.9 Å². The Bertz CT molecular complexity index is 486. The zero-order valence-electron chi connectivity index (χ0n) is 11.0. The first kappa shape index (κ1) is 14.3. The normalized spacial score (nSPS) is 18.3. The van der Waals surface area contributed by atoms with Crippen LogP contribution in [0.25, 0.3) is 0 Å². The second-order valence-electron chi connectivity index (χ2n) is 4.65. The van der Waals surface area contributed by atoms with Gasteiger partial charge in [-0.1, -0.05) is 6.07 Å². The Hall–Kier alpha value is -2.15. The summed E-state index contributed by atoms with van der Waals surface area (Å²) in [4.78, 5) is 21.8. The van der Waals surface area contributed by atoms with Crippen LogP contribution in [0.15, 0.2) is 24.3 Å². The Balaban J connectivity index is 1.80. The number of nitro groups is 1. The van der Waals surface area contributed by atoms with E-state index in [0.717, 1.165) is 25.9 Å². The number of nitrogens with zero attached hydrogens (tertiary/aromatic N) is 1. The van der Waals surface area contributed by atoms with Gasteiger partial charge in [0.05, 0.1) is 11.0 Å². The SMILES string of the molecule is O=C(COc1cccc([N+](=O)[O-])c1)NC1CCCNC1. The molecule has 7 heteroatoms. The summed E-state index contributed by atoms with van der Waals surface area (Å²) in [7, 11) is 0. The van der Waals surface area contributed by atoms with Gasteiger partial charge >= 0.3 is 0 Å². The van der Waals surface area contributed by atoms with E-state index in [-0.39, 0.29) is 24.2 Å². The Morgan fingerprint density at radius 3 is 3.10 bits per heavy atom. The number of benzene rings is 1. The van der Waals surface area contributed by atoms with E-state index < -0.39 is 4.92 Å². The van der Waals surface area contributed by atoms with Crippen LogP contribution in [0.3, 0.4) is 0 Å². The van der Waals surface area contributed by atoms with E-state index in [0.29, 0.717) is 5.75 Å². The quantitative estimate of drug-likeness (QED) is 0.615. The molecule has 0 aromatic heterocycles. The van der Waals surface area contributed by atoms with Gasteiger partial charge in [-0.3, -0.25) is 14.9 Å². The van der Waals surface area contributed by atoms with E-state index in [2.05, 4.69) is 10.6 Å². The molecule has 2 N–H and O–H groups in total. The van der Waals surface area contributed by atoms with Crippen molar-refractivity contribution < 1.29 is 14.5 Å². The first-order valence-corrected chi connectivity index (χ1v) is 6.52. The van der Waals surface area contributed by atoms with Crippen molar-refractivity contribution in [3.63, 3.8) is 0 Å². The van der Waals surface area contributed by atoms with Gasteiger partial charge in [-0.15, -0.1) is 0 Å². The fourth-order valence-corrected chi connectivity index (χ4v) is 2.08. The third-order valence-corrected chi connectivity index (χ3v) is 3.06. The van der Waals surface area contributed by atoms with Gasteiger partial charge in [-0.25, -0.2) is 0 Å². The van der Waals surface area contributed by atoms with Crippen molar-refractivity contribution in [3.8, 4) is 5.75 Å². The maximum absolute atomic E-state index is 11.7. The molecule has 20 heavy (non-hydrogen) atoms. The van der Waals surface area contributed by atoms with Crippen molar-refractivity contribution in [1.82, 2.24) is 10.6 Å². The maximum Gasteiger partial charge on any atom is 0.273 e. The van der Waals surface area contributed by atoms with E-state index in [1.807, 2.05) is 0 Å². The van der Waals surface area contributed by atoms with Crippen LogP contribution in [0.4, 0.5) is 5.69 Å². The third kappa shape index (κ3) is 4.20. The van der Waals surface area contributed by atoms with Crippen LogP contribution >= 0.6 is 0 Å². The van der Waals surface area contributed by atoms with E-state index in [4.69, 9.17) is 4.74 Å². The second-order valence-corrected chi connectivity index (χ2v) is 4.65. The molecule has 0 spiro atoms. The molecule has 1 atom stereocenters. The van der Waals surface area contributed by atoms with Crippen molar-refractivity contribution in [1.29, 1.82) is 0 Å². The molecule has 2 rings (SSSR count). The van der Waals surface area contributed by atoms with Crippen LogP contribution in [-0.2, 0) is 4.79 Å². The standard InChI is InChI=1S/C13H17N3O4/c17-13(15-10-3-2-6-14-8-10)9-20-12-5-1-4-11(7-12)16(18)19/h1,4-5,7,10,14H,2-3,6,8-9H2,(H,15,17). The van der Waals surface area contributed by atoms with E-state index in [1.165, 1.54) is 18.2 Å². The van der Waals surface area contributed by atoms with Gasteiger partial charge in [-0.05, 0) is 25.5 Å². The molecule has 1 fully saturated rings. The Morgan fingerprint density at radius 1 is 1.55 bits per heavy atom. The molecule has 108 valence electrons. The summed E-state index contributed by atoms with van der Waals surface area (Å²) in [5.74, 6) is 0.0984. The van der Waals surface area contributed by atoms with Gasteiger partial charge in [0.1, 0.15) is 5.75 Å². The molecule has 1 unspecified atom stereocenters. The lowest BCUT2D eigenvalue weighted by molar-refractivity contribution is -0.384. The monoisotopic (exact) mass is 279 g/mol. The van der Waals surface area contributed by atoms with E-state index in [1.54, 1.807) is 6.07 Å². The number of non-ortho nitro benzene ring substituents is 1. The predicted octanol–water partition coefficient (Wildman–Crippen LogP) is 0.842. The molecule has 1 aromatic rings. The summed E-state index contributed by atoms with van der Waals surface area (Å²) in [6.07, 6.45) is 1.99. The van der Waals surface area contributed by atoms with Gasteiger partial charge in [-0.2, -0.15) is 0 Å². The summed E-state index contributed by atoms with van der Waals surface area (Å²) >= 11 is 0. The van der Waals surface area contributed by atoms with Crippen molar-refractivity contribution in [2.75, 3.05) is 19.7 Å². The van der Waals surface area contributed by atoms with Gasteiger partial charge in [0.15, 0.2) is 6.61 Å². The topological polar surface area (TPSA) is 93.5 Å². The molecule has 1 aliphatic heterocycles. The minimum Gasteiger partial charge on any atom is -0.484 e. The first-order chi connectivity index (χ1) is 9.65. The molecular formula is C13H17N3O4. The fraction of sp³-hybridized carbons (Fsp3) is 0.462. The second kappa shape index (κ2) is 6.85. The average Bonchev–Trinajstić information content (AvgIpc) is 2.46. The highest BCUT2D eigenvalue weighted by Gasteiger charge is 2.15. The molecule has 7 nitrogen and oxygen atoms in total. The highest BCUT2D eigenvalue weighted by molar-refractivity contribution is 5.77. The third-order valence-electron chi connectivity index (χ3n) is 3.06. The van der Waals surface area contributed by atoms with Crippen molar-refractivity contribution in [2.45, 2.75) is 18.9 Å². The van der Waals surface area contributed by atoms with Crippen LogP contribution in [-0.4, -0.2) is 36.6 Å². The van der Waals surface area contributed by atoms with Crippen molar-refractivity contribution in [3.05, 3.63) is 34.4 Å². The number of nitrogens with one attached hydrogen (secondary N) is 2. The largest absolute Gasteiger partial charge is 0.484 e. The lowest BCUT2D eigenvalue weighted by Gasteiger charge is -2.23. The number of amides is 1. The van der Waals surface area contributed by atoms with Crippen molar-refractivity contribution >= 4 is 11.6 Å². The predicted molar refractivity (Wildman–Crippen MR) is 72.6 cm³/mol. The number of hydrogen-bond acceptors (Lipinski definition) is 5. The fourth-order valence-electron chi connectivity index (χ4n) is 2.08. The summed E-state index contributed by atoms with van der Waals surface area (Å²) in [5.41, 5.74) is -0.0561. The minimum absolute atomic E-state index is 0.0561. The van der Waals surface area contributed by atoms with Crippen LogP contribution in [0.2, 0.25) is 0 Å². The molecule has 0 bridgehead atoms. The number of ether oxygens (including phenoxy) is 1. The van der Waals surface area contributed by atoms with Crippen LogP contribution in [0.5, 0.6) is 5.75 Å². The number of nitro benzene ring substituents is 1. The van der Waals surface area contributed by atoms with Crippen LogP contribution < -0.4 is 15.4 Å². The number of carbonyl (C=O) groups is 1. The molecule has 1 amide bonds. The van der Waals surface area contributed by atoms with E-state index >= 15 is 0 Å². The average molecular weight is 279 g/mol. The summed E-state index contributed by atoms with van der Waals surface area (Å²) in [6.45, 7) is 1.61. The smallest absolute Gasteiger partial charge is 0.273 e. The lowest BCUT2D eigenvalue weighted by Crippen LogP contribution is -2.46. The van der Waals surface area contributed by atoms with Crippen molar-refractivity contribution in [2.24, 2.45) is 0 Å². The molecule has 1 saturated heterocycles. The number of carbonyl (C=O) groups excluding carboxylic acids is 1. The molecule has 1 heterocycles. The van der Waals surface area contributed by atoms with Gasteiger partial charge < -0.3 is 15.4 Å². The van der Waals surface area contributed by atoms with Gasteiger partial charge in [0.2, 0.25) is 0 Å². The van der Waals surface area contributed by atoms with Gasteiger partial charge in [0.25, 0.3) is 11.6 Å². The number of hydrogen-bond donors (Lipinski definition) is 2. The molecule has 0 radical (unpaired) electrons. The minimum atomic E-state index is -0.499. The molecule has 0 aliphatic carbocycles. The number of piperidine rings is 1. The first-order valence-electron chi connectivity index (χ1n) is 6.52. The Labute approximate surface area is 116 Å². The summed E-state index contributed by atoms with van der Waals surface area (Å²) in [5, 5.41) is 16.7. The molecular weight excluding hydrogens is 262 g/mol. The Kier molecular flexibility index (Phi) is 4.89. The maximum atomic E-state index is 11.7. The molecule has 0 saturated carbocycles. The highest BCUT2D eigenvalue weighted by Crippen LogP contribution is 2.18. The molecule has 1 aromatic carbocycles. The highest BCUT2D eigenvalue weighted by atomic mass is 16.6. The zero-order chi connectivity index (χ0) is 14.4. The summed E-state index contributed by atoms with van der Waals surface area (Å²) < 4.78 is 5.26. The van der Waals surface area contributed by atoms with Crippen LogP contribution in [0.1, 0.15) is 12.8 Å². The lowest BCUT2D eigenvalue weighted by atomic mass is 10.1. The van der Waals surface area contributed by atoms with Crippen LogP contribution in [0, 0.1) is 10.1 Å². The number of rotatable bonds is 5.